The van der Waals surface area contributed by atoms with Gasteiger partial charge >= 0.3 is 0 Å². The van der Waals surface area contributed by atoms with Crippen LogP contribution in [0.15, 0.2) is 0 Å². The lowest BCUT2D eigenvalue weighted by atomic mass is 9.98. The van der Waals surface area contributed by atoms with Gasteiger partial charge in [-0.2, -0.15) is 0 Å². The van der Waals surface area contributed by atoms with Crippen molar-refractivity contribution in [3.63, 3.8) is 0 Å². The van der Waals surface area contributed by atoms with Gasteiger partial charge in [0, 0.05) is 12.6 Å². The third-order valence-electron chi connectivity index (χ3n) is 4.86. The van der Waals surface area contributed by atoms with Crippen LogP contribution in [0, 0.1) is 5.92 Å². The molecule has 0 aromatic heterocycles. The first kappa shape index (κ1) is 14.3. The van der Waals surface area contributed by atoms with E-state index >= 15 is 0 Å². The maximum Gasteiger partial charge on any atom is 0.0594 e. The van der Waals surface area contributed by atoms with Crippen molar-refractivity contribution in [2.24, 2.45) is 5.92 Å². The van der Waals surface area contributed by atoms with Gasteiger partial charge in [0.2, 0.25) is 0 Å². The highest BCUT2D eigenvalue weighted by atomic mass is 16.5. The van der Waals surface area contributed by atoms with Gasteiger partial charge in [-0.15, -0.1) is 0 Å². The van der Waals surface area contributed by atoms with Gasteiger partial charge in [-0.3, -0.25) is 0 Å². The van der Waals surface area contributed by atoms with E-state index in [2.05, 4.69) is 12.2 Å². The molecule has 18 heavy (non-hydrogen) atoms. The molecule has 0 heterocycles. The molecule has 2 rings (SSSR count). The van der Waals surface area contributed by atoms with Crippen LogP contribution < -0.4 is 5.32 Å². The first-order valence-corrected chi connectivity index (χ1v) is 8.23. The molecule has 0 amide bonds. The molecule has 1 N–H and O–H groups in total. The summed E-state index contributed by atoms with van der Waals surface area (Å²) in [7, 11) is 0. The average molecular weight is 253 g/mol. The van der Waals surface area contributed by atoms with Gasteiger partial charge in [0.1, 0.15) is 0 Å². The molecule has 2 unspecified atom stereocenters. The molecule has 2 nitrogen and oxygen atoms in total. The van der Waals surface area contributed by atoms with E-state index in [0.29, 0.717) is 6.10 Å². The fraction of sp³-hybridized carbons (Fsp3) is 1.00. The highest BCUT2D eigenvalue weighted by molar-refractivity contribution is 4.74. The van der Waals surface area contributed by atoms with Crippen molar-refractivity contribution in [2.45, 2.75) is 83.3 Å². The molecule has 0 saturated heterocycles. The van der Waals surface area contributed by atoms with Gasteiger partial charge in [-0.1, -0.05) is 39.0 Å². The van der Waals surface area contributed by atoms with Crippen molar-refractivity contribution < 1.29 is 4.74 Å². The van der Waals surface area contributed by atoms with Crippen molar-refractivity contribution in [1.82, 2.24) is 5.32 Å². The number of nitrogens with one attached hydrogen (secondary N) is 1. The molecular formula is C16H31NO. The van der Waals surface area contributed by atoms with E-state index in [1.165, 1.54) is 64.2 Å². The van der Waals surface area contributed by atoms with Crippen LogP contribution in [0.2, 0.25) is 0 Å². The summed E-state index contributed by atoms with van der Waals surface area (Å²) >= 11 is 0. The van der Waals surface area contributed by atoms with Crippen LogP contribution in [-0.4, -0.2) is 25.3 Å². The molecule has 0 aromatic rings. The van der Waals surface area contributed by atoms with Gasteiger partial charge in [-0.25, -0.2) is 0 Å². The number of hydrogen-bond acceptors (Lipinski definition) is 2. The molecular weight excluding hydrogens is 222 g/mol. The molecule has 0 spiro atoms. The summed E-state index contributed by atoms with van der Waals surface area (Å²) in [4.78, 5) is 0. The van der Waals surface area contributed by atoms with Crippen LogP contribution in [0.25, 0.3) is 0 Å². The Morgan fingerprint density at radius 1 is 0.944 bits per heavy atom. The third kappa shape index (κ3) is 4.89. The zero-order valence-corrected chi connectivity index (χ0v) is 12.1. The lowest BCUT2D eigenvalue weighted by molar-refractivity contribution is 0.0588. The zero-order chi connectivity index (χ0) is 12.6. The first-order chi connectivity index (χ1) is 8.88. The fourth-order valence-electron chi connectivity index (χ4n) is 3.53. The SMILES string of the molecule is CCC1CCCC(NCCOC2CCCC2)CC1. The fourth-order valence-corrected chi connectivity index (χ4v) is 3.53. The van der Waals surface area contributed by atoms with Crippen LogP contribution in [0.1, 0.15) is 71.1 Å². The second kappa shape index (κ2) is 8.16. The summed E-state index contributed by atoms with van der Waals surface area (Å²) in [6, 6.07) is 0.758. The summed E-state index contributed by atoms with van der Waals surface area (Å²) in [5.41, 5.74) is 0. The van der Waals surface area contributed by atoms with Crippen LogP contribution in [0.5, 0.6) is 0 Å². The lowest BCUT2D eigenvalue weighted by Gasteiger charge is -2.18. The van der Waals surface area contributed by atoms with Gasteiger partial charge in [0.05, 0.1) is 12.7 Å². The quantitative estimate of drug-likeness (QED) is 0.573. The molecule has 0 aliphatic heterocycles. The average Bonchev–Trinajstić information content (AvgIpc) is 2.80. The van der Waals surface area contributed by atoms with E-state index in [0.717, 1.165) is 25.1 Å². The van der Waals surface area contributed by atoms with Crippen molar-refractivity contribution >= 4 is 0 Å². The predicted molar refractivity (Wildman–Crippen MR) is 76.9 cm³/mol. The molecule has 0 bridgehead atoms. The zero-order valence-electron chi connectivity index (χ0n) is 12.1. The minimum atomic E-state index is 0.574. The molecule has 2 fully saturated rings. The highest BCUT2D eigenvalue weighted by Gasteiger charge is 2.18. The summed E-state index contributed by atoms with van der Waals surface area (Å²) in [5.74, 6) is 0.992. The Morgan fingerprint density at radius 3 is 2.56 bits per heavy atom. The smallest absolute Gasteiger partial charge is 0.0594 e. The van der Waals surface area contributed by atoms with E-state index in [4.69, 9.17) is 4.74 Å². The maximum atomic E-state index is 5.91. The molecule has 106 valence electrons. The molecule has 2 atom stereocenters. The Balaban J connectivity index is 1.53. The van der Waals surface area contributed by atoms with Gasteiger partial charge < -0.3 is 10.1 Å². The molecule has 2 aliphatic carbocycles. The van der Waals surface area contributed by atoms with Crippen LogP contribution in [0.3, 0.4) is 0 Å². The number of hydrogen-bond donors (Lipinski definition) is 1. The van der Waals surface area contributed by atoms with Crippen molar-refractivity contribution in [3.05, 3.63) is 0 Å². The minimum absolute atomic E-state index is 0.574. The summed E-state index contributed by atoms with van der Waals surface area (Å²) in [6.45, 7) is 4.31. The van der Waals surface area contributed by atoms with E-state index in [1.807, 2.05) is 0 Å². The Hall–Kier alpha value is -0.0800. The van der Waals surface area contributed by atoms with Crippen LogP contribution in [-0.2, 0) is 4.74 Å². The Labute approximate surface area is 113 Å². The van der Waals surface area contributed by atoms with E-state index < -0.39 is 0 Å². The van der Waals surface area contributed by atoms with Gasteiger partial charge in [0.25, 0.3) is 0 Å². The Bertz CT molecular complexity index is 213. The van der Waals surface area contributed by atoms with Gasteiger partial charge in [-0.05, 0) is 38.0 Å². The second-order valence-corrected chi connectivity index (χ2v) is 6.21. The normalized spacial score (nSPS) is 30.5. The standard InChI is InChI=1S/C16H31NO/c1-2-14-6-5-7-15(11-10-14)17-12-13-18-16-8-3-4-9-16/h14-17H,2-13H2,1H3. The lowest BCUT2D eigenvalue weighted by Crippen LogP contribution is -2.32. The molecule has 2 saturated carbocycles. The molecule has 2 aliphatic rings. The van der Waals surface area contributed by atoms with Crippen molar-refractivity contribution in [1.29, 1.82) is 0 Å². The van der Waals surface area contributed by atoms with Crippen molar-refractivity contribution in [2.75, 3.05) is 13.2 Å². The van der Waals surface area contributed by atoms with E-state index in [-0.39, 0.29) is 0 Å². The maximum absolute atomic E-state index is 5.91. The number of rotatable bonds is 6. The minimum Gasteiger partial charge on any atom is -0.377 e. The number of ether oxygens (including phenoxy) is 1. The van der Waals surface area contributed by atoms with Gasteiger partial charge in [0.15, 0.2) is 0 Å². The highest BCUT2D eigenvalue weighted by Crippen LogP contribution is 2.25. The first-order valence-electron chi connectivity index (χ1n) is 8.23. The van der Waals surface area contributed by atoms with Crippen molar-refractivity contribution in [3.8, 4) is 0 Å². The molecule has 0 aromatic carbocycles. The third-order valence-corrected chi connectivity index (χ3v) is 4.86. The summed E-state index contributed by atoms with van der Waals surface area (Å²) in [6.07, 6.45) is 14.3. The van der Waals surface area contributed by atoms with Crippen LogP contribution >= 0.6 is 0 Å². The second-order valence-electron chi connectivity index (χ2n) is 6.21. The molecule has 2 heteroatoms. The van der Waals surface area contributed by atoms with Crippen LogP contribution in [0.4, 0.5) is 0 Å². The predicted octanol–water partition coefficient (Wildman–Crippen LogP) is 3.89. The Kier molecular flexibility index (Phi) is 6.50. The topological polar surface area (TPSA) is 21.3 Å². The Morgan fingerprint density at radius 2 is 1.78 bits per heavy atom. The van der Waals surface area contributed by atoms with E-state index in [1.54, 1.807) is 0 Å². The summed E-state index contributed by atoms with van der Waals surface area (Å²) in [5, 5.41) is 3.71. The summed E-state index contributed by atoms with van der Waals surface area (Å²) < 4.78 is 5.91. The van der Waals surface area contributed by atoms with E-state index in [9.17, 15) is 0 Å². The largest absolute Gasteiger partial charge is 0.377 e. The molecule has 0 radical (unpaired) electrons. The monoisotopic (exact) mass is 253 g/mol.